The molecule has 0 atom stereocenters. The van der Waals surface area contributed by atoms with Gasteiger partial charge in [0.1, 0.15) is 18.0 Å². The zero-order valence-corrected chi connectivity index (χ0v) is 19.6. The molecule has 0 fully saturated rings. The lowest BCUT2D eigenvalue weighted by Crippen LogP contribution is -2.29. The van der Waals surface area contributed by atoms with E-state index in [2.05, 4.69) is 15.7 Å². The number of amides is 2. The first-order valence-electron chi connectivity index (χ1n) is 10.8. The Hall–Kier alpha value is -4.60. The standard InChI is InChI=1S/C25H25N5O5/c1-16-4-6-17(7-5-16)13-26-24(32)18-8-11-22-28-30(25(33)29(22)14-18)15-23(31)27-20-12-19(34-2)9-10-21(20)35-3/h4-12,14H,13,15H2,1-3H3,(H,26,32)(H,27,31). The molecule has 180 valence electrons. The van der Waals surface area contributed by atoms with Crippen LogP contribution >= 0.6 is 0 Å². The quantitative estimate of drug-likeness (QED) is 0.404. The van der Waals surface area contributed by atoms with Crippen molar-refractivity contribution in [2.24, 2.45) is 0 Å². The normalized spacial score (nSPS) is 10.7. The molecule has 4 aromatic rings. The van der Waals surface area contributed by atoms with Crippen LogP contribution in [-0.4, -0.2) is 40.2 Å². The van der Waals surface area contributed by atoms with E-state index in [0.717, 1.165) is 15.8 Å². The van der Waals surface area contributed by atoms with Crippen LogP contribution in [0.25, 0.3) is 5.65 Å². The average Bonchev–Trinajstić information content (AvgIpc) is 3.17. The maximum atomic E-state index is 12.8. The number of carbonyl (C=O) groups excluding carboxylic acids is 2. The Balaban J connectivity index is 1.48. The summed E-state index contributed by atoms with van der Waals surface area (Å²) in [5.41, 5.74) is 2.59. The largest absolute Gasteiger partial charge is 0.497 e. The molecule has 35 heavy (non-hydrogen) atoms. The van der Waals surface area contributed by atoms with Crippen molar-refractivity contribution >= 4 is 23.1 Å². The van der Waals surface area contributed by atoms with Gasteiger partial charge in [-0.15, -0.1) is 5.10 Å². The molecular weight excluding hydrogens is 450 g/mol. The van der Waals surface area contributed by atoms with E-state index in [1.165, 1.54) is 24.8 Å². The van der Waals surface area contributed by atoms with Crippen LogP contribution in [0.1, 0.15) is 21.5 Å². The molecule has 0 saturated heterocycles. The monoisotopic (exact) mass is 475 g/mol. The minimum atomic E-state index is -0.541. The van der Waals surface area contributed by atoms with Crippen molar-refractivity contribution in [1.82, 2.24) is 19.5 Å². The third-order valence-electron chi connectivity index (χ3n) is 5.39. The van der Waals surface area contributed by atoms with E-state index in [1.54, 1.807) is 30.3 Å². The third kappa shape index (κ3) is 5.32. The number of carbonyl (C=O) groups is 2. The van der Waals surface area contributed by atoms with Crippen molar-refractivity contribution in [3.8, 4) is 11.5 Å². The molecule has 0 bridgehead atoms. The summed E-state index contributed by atoms with van der Waals surface area (Å²) in [6, 6.07) is 16.0. The number of fused-ring (bicyclic) bond motifs is 1. The molecule has 2 heterocycles. The topological polar surface area (TPSA) is 116 Å². The van der Waals surface area contributed by atoms with Crippen molar-refractivity contribution in [2.75, 3.05) is 19.5 Å². The van der Waals surface area contributed by atoms with Gasteiger partial charge in [-0.2, -0.15) is 0 Å². The highest BCUT2D eigenvalue weighted by Gasteiger charge is 2.15. The molecule has 4 rings (SSSR count). The molecule has 10 nitrogen and oxygen atoms in total. The highest BCUT2D eigenvalue weighted by atomic mass is 16.5. The molecule has 2 N–H and O–H groups in total. The van der Waals surface area contributed by atoms with Crippen LogP contribution in [0.15, 0.2) is 65.6 Å². The second-order valence-corrected chi connectivity index (χ2v) is 7.87. The van der Waals surface area contributed by atoms with Gasteiger partial charge in [0.15, 0.2) is 5.65 Å². The van der Waals surface area contributed by atoms with Crippen molar-refractivity contribution < 1.29 is 19.1 Å². The van der Waals surface area contributed by atoms with Crippen LogP contribution in [0.3, 0.4) is 0 Å². The maximum absolute atomic E-state index is 12.8. The number of aromatic nitrogens is 3. The molecule has 2 aromatic heterocycles. The van der Waals surface area contributed by atoms with E-state index in [1.807, 2.05) is 31.2 Å². The highest BCUT2D eigenvalue weighted by molar-refractivity contribution is 5.94. The number of aryl methyl sites for hydroxylation is 1. The number of methoxy groups -OCH3 is 2. The van der Waals surface area contributed by atoms with Crippen LogP contribution in [0.4, 0.5) is 5.69 Å². The third-order valence-corrected chi connectivity index (χ3v) is 5.39. The van der Waals surface area contributed by atoms with Crippen molar-refractivity contribution in [3.63, 3.8) is 0 Å². The van der Waals surface area contributed by atoms with E-state index in [-0.39, 0.29) is 12.5 Å². The SMILES string of the molecule is COc1ccc(OC)c(NC(=O)Cn2nc3ccc(C(=O)NCc4ccc(C)cc4)cn3c2=O)c1. The lowest BCUT2D eigenvalue weighted by atomic mass is 10.1. The Labute approximate surface area is 201 Å². The maximum Gasteiger partial charge on any atom is 0.350 e. The summed E-state index contributed by atoms with van der Waals surface area (Å²) < 4.78 is 12.7. The summed E-state index contributed by atoms with van der Waals surface area (Å²) in [4.78, 5) is 38.0. The number of nitrogens with zero attached hydrogens (tertiary/aromatic N) is 3. The van der Waals surface area contributed by atoms with Gasteiger partial charge in [0.05, 0.1) is 25.5 Å². The fourth-order valence-corrected chi connectivity index (χ4v) is 3.48. The molecule has 0 saturated carbocycles. The summed E-state index contributed by atoms with van der Waals surface area (Å²) in [6.07, 6.45) is 1.41. The van der Waals surface area contributed by atoms with Crippen LogP contribution in [0.5, 0.6) is 11.5 Å². The van der Waals surface area contributed by atoms with E-state index in [0.29, 0.717) is 34.9 Å². The highest BCUT2D eigenvalue weighted by Crippen LogP contribution is 2.28. The van der Waals surface area contributed by atoms with Crippen molar-refractivity contribution in [2.45, 2.75) is 20.0 Å². The van der Waals surface area contributed by atoms with E-state index in [4.69, 9.17) is 9.47 Å². The summed E-state index contributed by atoms with van der Waals surface area (Å²) in [5, 5.41) is 9.73. The van der Waals surface area contributed by atoms with Gasteiger partial charge in [-0.3, -0.25) is 9.59 Å². The molecule has 2 aromatic carbocycles. The van der Waals surface area contributed by atoms with Gasteiger partial charge < -0.3 is 20.1 Å². The van der Waals surface area contributed by atoms with Crippen LogP contribution in [0, 0.1) is 6.92 Å². The molecule has 0 aliphatic heterocycles. The number of hydrogen-bond acceptors (Lipinski definition) is 6. The number of benzene rings is 2. The summed E-state index contributed by atoms with van der Waals surface area (Å²) in [5.74, 6) is 0.190. The van der Waals surface area contributed by atoms with Gasteiger partial charge in [0.25, 0.3) is 5.91 Å². The Kier molecular flexibility index (Phi) is 6.81. The Bertz CT molecular complexity index is 1440. The van der Waals surface area contributed by atoms with E-state index >= 15 is 0 Å². The average molecular weight is 476 g/mol. The first-order chi connectivity index (χ1) is 16.9. The lowest BCUT2D eigenvalue weighted by molar-refractivity contribution is -0.117. The minimum Gasteiger partial charge on any atom is -0.497 e. The van der Waals surface area contributed by atoms with Gasteiger partial charge >= 0.3 is 5.69 Å². The number of hydrogen-bond donors (Lipinski definition) is 2. The van der Waals surface area contributed by atoms with E-state index in [9.17, 15) is 14.4 Å². The summed E-state index contributed by atoms with van der Waals surface area (Å²) >= 11 is 0. The number of ether oxygens (including phenoxy) is 2. The number of anilines is 1. The van der Waals surface area contributed by atoms with Crippen LogP contribution < -0.4 is 25.8 Å². The van der Waals surface area contributed by atoms with Gasteiger partial charge in [0, 0.05) is 18.8 Å². The Morgan fingerprint density at radius 2 is 1.77 bits per heavy atom. The number of nitrogens with one attached hydrogen (secondary N) is 2. The Morgan fingerprint density at radius 1 is 1.00 bits per heavy atom. The lowest BCUT2D eigenvalue weighted by Gasteiger charge is -2.11. The summed E-state index contributed by atoms with van der Waals surface area (Å²) in [7, 11) is 3.00. The molecule has 2 amide bonds. The van der Waals surface area contributed by atoms with E-state index < -0.39 is 11.6 Å². The van der Waals surface area contributed by atoms with Crippen LogP contribution in [-0.2, 0) is 17.9 Å². The molecule has 0 radical (unpaired) electrons. The zero-order chi connectivity index (χ0) is 24.9. The first kappa shape index (κ1) is 23.6. The molecule has 10 heteroatoms. The number of rotatable bonds is 8. The smallest absolute Gasteiger partial charge is 0.350 e. The molecule has 0 spiro atoms. The second kappa shape index (κ2) is 10.1. The molecule has 0 aliphatic carbocycles. The molecule has 0 unspecified atom stereocenters. The number of pyridine rings is 1. The van der Waals surface area contributed by atoms with Crippen LogP contribution in [0.2, 0.25) is 0 Å². The molecule has 0 aliphatic rings. The first-order valence-corrected chi connectivity index (χ1v) is 10.8. The molecular formula is C25H25N5O5. The summed E-state index contributed by atoms with van der Waals surface area (Å²) in [6.45, 7) is 2.03. The van der Waals surface area contributed by atoms with Gasteiger partial charge in [0.2, 0.25) is 5.91 Å². The zero-order valence-electron chi connectivity index (χ0n) is 19.6. The fourth-order valence-electron chi connectivity index (χ4n) is 3.48. The minimum absolute atomic E-state index is 0.303. The van der Waals surface area contributed by atoms with Crippen molar-refractivity contribution in [1.29, 1.82) is 0 Å². The Morgan fingerprint density at radius 3 is 2.49 bits per heavy atom. The van der Waals surface area contributed by atoms with Crippen molar-refractivity contribution in [3.05, 3.63) is 88.0 Å². The second-order valence-electron chi connectivity index (χ2n) is 7.87. The van der Waals surface area contributed by atoms with Gasteiger partial charge in [-0.1, -0.05) is 29.8 Å². The van der Waals surface area contributed by atoms with Gasteiger partial charge in [-0.25, -0.2) is 13.9 Å². The van der Waals surface area contributed by atoms with Gasteiger partial charge in [-0.05, 0) is 36.8 Å². The fraction of sp³-hybridized carbons (Fsp3) is 0.200. The predicted octanol–water partition coefficient (Wildman–Crippen LogP) is 2.39. The predicted molar refractivity (Wildman–Crippen MR) is 130 cm³/mol.